The molecule has 0 radical (unpaired) electrons. The van der Waals surface area contributed by atoms with Crippen LogP contribution in [0.1, 0.15) is 6.92 Å². The van der Waals surface area contributed by atoms with E-state index < -0.39 is 5.97 Å². The van der Waals surface area contributed by atoms with E-state index in [1.165, 1.54) is 11.5 Å². The maximum Gasteiger partial charge on any atom is 0.327 e. The molecule has 2 rings (SSSR count). The number of hydrogen-bond donors (Lipinski definition) is 1. The summed E-state index contributed by atoms with van der Waals surface area (Å²) in [4.78, 5) is 13.7. The van der Waals surface area contributed by atoms with Gasteiger partial charge in [-0.2, -0.15) is 0 Å². The first kappa shape index (κ1) is 11.9. The van der Waals surface area contributed by atoms with Crippen molar-refractivity contribution in [3.05, 3.63) is 54.7 Å². The Morgan fingerprint density at radius 3 is 2.50 bits per heavy atom. The minimum Gasteiger partial charge on any atom is -0.478 e. The van der Waals surface area contributed by atoms with Crippen molar-refractivity contribution >= 4 is 16.9 Å². The molecular formula is C13H13NO2. The highest BCUT2D eigenvalue weighted by molar-refractivity contribution is 5.79. The normalized spacial score (nSPS) is 9.81. The van der Waals surface area contributed by atoms with E-state index in [4.69, 9.17) is 5.11 Å². The SMILES string of the molecule is CC=CC(=O)O.c1ccc2ncccc2c1. The predicted octanol–water partition coefficient (Wildman–Crippen LogP) is 2.88. The molecule has 3 heteroatoms. The van der Waals surface area contributed by atoms with Crippen LogP contribution in [0.5, 0.6) is 0 Å². The number of hydrogen-bond acceptors (Lipinski definition) is 2. The van der Waals surface area contributed by atoms with Gasteiger partial charge < -0.3 is 5.11 Å². The number of carboxylic acids is 1. The van der Waals surface area contributed by atoms with Gasteiger partial charge in [0, 0.05) is 17.7 Å². The zero-order valence-electron chi connectivity index (χ0n) is 9.00. The number of carbonyl (C=O) groups is 1. The average Bonchev–Trinajstić information content (AvgIpc) is 2.30. The van der Waals surface area contributed by atoms with Gasteiger partial charge in [0.25, 0.3) is 0 Å². The molecule has 0 bridgehead atoms. The number of para-hydroxylation sites is 1. The van der Waals surface area contributed by atoms with E-state index in [1.54, 1.807) is 6.92 Å². The fraction of sp³-hybridized carbons (Fsp3) is 0.0769. The fourth-order valence-electron chi connectivity index (χ4n) is 1.16. The summed E-state index contributed by atoms with van der Waals surface area (Å²) < 4.78 is 0. The number of aromatic nitrogens is 1. The summed E-state index contributed by atoms with van der Waals surface area (Å²) in [7, 11) is 0. The number of carboxylic acid groups (broad SMARTS) is 1. The number of pyridine rings is 1. The number of nitrogens with zero attached hydrogens (tertiary/aromatic N) is 1. The highest BCUT2D eigenvalue weighted by Crippen LogP contribution is 2.07. The Hall–Kier alpha value is -2.16. The lowest BCUT2D eigenvalue weighted by Gasteiger charge is -1.91. The second kappa shape index (κ2) is 6.35. The molecule has 0 spiro atoms. The van der Waals surface area contributed by atoms with E-state index in [0.29, 0.717) is 0 Å². The second-order valence-corrected chi connectivity index (χ2v) is 3.03. The monoisotopic (exact) mass is 215 g/mol. The smallest absolute Gasteiger partial charge is 0.327 e. The van der Waals surface area contributed by atoms with E-state index >= 15 is 0 Å². The molecule has 0 aliphatic heterocycles. The molecule has 0 aliphatic rings. The summed E-state index contributed by atoms with van der Waals surface area (Å²) in [6.07, 6.45) is 4.37. The summed E-state index contributed by atoms with van der Waals surface area (Å²) in [5.74, 6) is -0.891. The van der Waals surface area contributed by atoms with Gasteiger partial charge in [0.15, 0.2) is 0 Å². The van der Waals surface area contributed by atoms with Gasteiger partial charge in [-0.1, -0.05) is 30.3 Å². The average molecular weight is 215 g/mol. The molecular weight excluding hydrogens is 202 g/mol. The van der Waals surface area contributed by atoms with E-state index in [1.807, 2.05) is 30.5 Å². The van der Waals surface area contributed by atoms with Gasteiger partial charge in [-0.05, 0) is 19.1 Å². The number of benzene rings is 1. The second-order valence-electron chi connectivity index (χ2n) is 3.03. The highest BCUT2D eigenvalue weighted by Gasteiger charge is 1.86. The number of rotatable bonds is 1. The molecule has 1 N–H and O–H groups in total. The number of allylic oxidation sites excluding steroid dienone is 1. The molecule has 2 aromatic rings. The van der Waals surface area contributed by atoms with Crippen LogP contribution in [-0.2, 0) is 4.79 Å². The molecule has 3 nitrogen and oxygen atoms in total. The van der Waals surface area contributed by atoms with E-state index in [9.17, 15) is 4.79 Å². The topological polar surface area (TPSA) is 50.2 Å². The van der Waals surface area contributed by atoms with Gasteiger partial charge >= 0.3 is 5.97 Å². The summed E-state index contributed by atoms with van der Waals surface area (Å²) in [5.41, 5.74) is 1.06. The van der Waals surface area contributed by atoms with Crippen LogP contribution in [0.2, 0.25) is 0 Å². The fourth-order valence-corrected chi connectivity index (χ4v) is 1.16. The Bertz CT molecular complexity index is 427. The third-order valence-electron chi connectivity index (χ3n) is 1.82. The third-order valence-corrected chi connectivity index (χ3v) is 1.82. The highest BCUT2D eigenvalue weighted by atomic mass is 16.4. The van der Waals surface area contributed by atoms with Crippen molar-refractivity contribution in [2.75, 3.05) is 0 Å². The van der Waals surface area contributed by atoms with Crippen LogP contribution in [0.15, 0.2) is 54.7 Å². The van der Waals surface area contributed by atoms with Crippen LogP contribution < -0.4 is 0 Å². The van der Waals surface area contributed by atoms with Crippen molar-refractivity contribution in [2.24, 2.45) is 0 Å². The summed E-state index contributed by atoms with van der Waals surface area (Å²) in [6, 6.07) is 12.1. The Morgan fingerprint density at radius 2 is 1.94 bits per heavy atom. The van der Waals surface area contributed by atoms with Gasteiger partial charge in [-0.15, -0.1) is 0 Å². The maximum atomic E-state index is 9.51. The summed E-state index contributed by atoms with van der Waals surface area (Å²) in [6.45, 7) is 1.66. The van der Waals surface area contributed by atoms with Crippen molar-refractivity contribution in [1.29, 1.82) is 0 Å². The van der Waals surface area contributed by atoms with E-state index in [0.717, 1.165) is 11.6 Å². The minimum absolute atomic E-state index is 0.891. The van der Waals surface area contributed by atoms with Gasteiger partial charge in [0.05, 0.1) is 5.52 Å². The molecule has 16 heavy (non-hydrogen) atoms. The number of aliphatic carboxylic acids is 1. The van der Waals surface area contributed by atoms with Crippen LogP contribution in [0.4, 0.5) is 0 Å². The Labute approximate surface area is 94.1 Å². The Balaban J connectivity index is 0.000000187. The van der Waals surface area contributed by atoms with Crippen molar-refractivity contribution in [1.82, 2.24) is 4.98 Å². The van der Waals surface area contributed by atoms with Crippen LogP contribution in [-0.4, -0.2) is 16.1 Å². The molecule has 82 valence electrons. The van der Waals surface area contributed by atoms with Crippen LogP contribution in [0.3, 0.4) is 0 Å². The molecule has 0 amide bonds. The minimum atomic E-state index is -0.891. The zero-order chi connectivity index (χ0) is 11.8. The lowest BCUT2D eigenvalue weighted by molar-refractivity contribution is -0.131. The molecule has 1 heterocycles. The first-order valence-electron chi connectivity index (χ1n) is 4.89. The van der Waals surface area contributed by atoms with Crippen molar-refractivity contribution in [3.63, 3.8) is 0 Å². The molecule has 1 aromatic carbocycles. The van der Waals surface area contributed by atoms with Crippen LogP contribution in [0.25, 0.3) is 10.9 Å². The van der Waals surface area contributed by atoms with Gasteiger partial charge in [-0.3, -0.25) is 4.98 Å². The Kier molecular flexibility index (Phi) is 4.73. The summed E-state index contributed by atoms with van der Waals surface area (Å²) in [5, 5.41) is 9.03. The first-order valence-corrected chi connectivity index (χ1v) is 4.89. The quantitative estimate of drug-likeness (QED) is 0.744. The molecule has 0 fully saturated rings. The molecule has 0 saturated heterocycles. The zero-order valence-corrected chi connectivity index (χ0v) is 9.00. The lowest BCUT2D eigenvalue weighted by Crippen LogP contribution is -1.83. The van der Waals surface area contributed by atoms with Crippen molar-refractivity contribution in [2.45, 2.75) is 6.92 Å². The maximum absolute atomic E-state index is 9.51. The van der Waals surface area contributed by atoms with Crippen LogP contribution in [0, 0.1) is 0 Å². The van der Waals surface area contributed by atoms with Gasteiger partial charge in [-0.25, -0.2) is 4.79 Å². The summed E-state index contributed by atoms with van der Waals surface area (Å²) >= 11 is 0. The number of fused-ring (bicyclic) bond motifs is 1. The largest absolute Gasteiger partial charge is 0.478 e. The third kappa shape index (κ3) is 3.92. The van der Waals surface area contributed by atoms with E-state index in [-0.39, 0.29) is 0 Å². The molecule has 0 unspecified atom stereocenters. The Morgan fingerprint density at radius 1 is 1.25 bits per heavy atom. The van der Waals surface area contributed by atoms with Crippen molar-refractivity contribution < 1.29 is 9.90 Å². The predicted molar refractivity (Wildman–Crippen MR) is 64.2 cm³/mol. The molecule has 0 aliphatic carbocycles. The van der Waals surface area contributed by atoms with Crippen LogP contribution >= 0.6 is 0 Å². The molecule has 1 aromatic heterocycles. The molecule has 0 atom stereocenters. The first-order chi connectivity index (χ1) is 7.74. The standard InChI is InChI=1S/C9H7N.C4H6O2/c1-2-6-9-8(4-1)5-3-7-10-9;1-2-3-4(5)6/h1-7H;2-3H,1H3,(H,5,6). The molecule has 0 saturated carbocycles. The van der Waals surface area contributed by atoms with E-state index in [2.05, 4.69) is 17.1 Å². The van der Waals surface area contributed by atoms with Gasteiger partial charge in [0.1, 0.15) is 0 Å². The van der Waals surface area contributed by atoms with Gasteiger partial charge in [0.2, 0.25) is 0 Å². The lowest BCUT2D eigenvalue weighted by atomic mass is 10.2. The van der Waals surface area contributed by atoms with Crippen molar-refractivity contribution in [3.8, 4) is 0 Å².